The zero-order valence-corrected chi connectivity index (χ0v) is 15.4. The summed E-state index contributed by atoms with van der Waals surface area (Å²) in [6.45, 7) is 1.34. The Bertz CT molecular complexity index is 935. The Kier molecular flexibility index (Phi) is 5.12. The van der Waals surface area contributed by atoms with E-state index in [0.29, 0.717) is 30.6 Å². The molecule has 0 fully saturated rings. The van der Waals surface area contributed by atoms with E-state index < -0.39 is 0 Å². The number of rotatable bonds is 4. The molecule has 2 aliphatic rings. The van der Waals surface area contributed by atoms with E-state index in [1.165, 1.54) is 0 Å². The fraction of sp³-hybridized carbons (Fsp3) is 0.273. The van der Waals surface area contributed by atoms with Crippen LogP contribution in [0.3, 0.4) is 0 Å². The summed E-state index contributed by atoms with van der Waals surface area (Å²) in [4.78, 5) is 25.7. The molecular formula is C22H21NO5. The van der Waals surface area contributed by atoms with Crippen LogP contribution in [0.25, 0.3) is 5.57 Å². The van der Waals surface area contributed by atoms with Crippen molar-refractivity contribution in [1.29, 1.82) is 0 Å². The zero-order chi connectivity index (χ0) is 19.5. The topological polar surface area (TPSA) is 76.1 Å². The lowest BCUT2D eigenvalue weighted by molar-refractivity contribution is 0.0535. The van der Waals surface area contributed by atoms with Crippen molar-refractivity contribution in [2.24, 2.45) is 0 Å². The van der Waals surface area contributed by atoms with Gasteiger partial charge in [0.2, 0.25) is 0 Å². The van der Waals surface area contributed by atoms with Gasteiger partial charge in [-0.05, 0) is 40.8 Å². The molecule has 2 aromatic rings. The Morgan fingerprint density at radius 2 is 2.00 bits per heavy atom. The van der Waals surface area contributed by atoms with Crippen molar-refractivity contribution in [1.82, 2.24) is 4.90 Å². The standard InChI is InChI=1S/C22H21NO5/c24-12-17-10-20-18(14-27-21(20)25)11-19(17)16-6-8-23(9-7-16)22(26)28-13-15-4-2-1-3-5-15/h1-6,10-11,24H,7-9,12-14H2. The summed E-state index contributed by atoms with van der Waals surface area (Å²) in [5, 5.41) is 9.72. The number of aliphatic hydroxyl groups is 1. The highest BCUT2D eigenvalue weighted by Gasteiger charge is 2.25. The summed E-state index contributed by atoms with van der Waals surface area (Å²) in [6, 6.07) is 13.2. The summed E-state index contributed by atoms with van der Waals surface area (Å²) < 4.78 is 10.5. The number of hydrogen-bond donors (Lipinski definition) is 1. The van der Waals surface area contributed by atoms with Gasteiger partial charge in [0.15, 0.2) is 0 Å². The SMILES string of the molecule is O=C1OCc2cc(C3=CCN(C(=O)OCc4ccccc4)CC3)c(CO)cc21. The third-order valence-corrected chi connectivity index (χ3v) is 5.10. The fourth-order valence-electron chi connectivity index (χ4n) is 3.54. The van der Waals surface area contributed by atoms with E-state index in [4.69, 9.17) is 9.47 Å². The monoisotopic (exact) mass is 379 g/mol. The maximum atomic E-state index is 12.3. The van der Waals surface area contributed by atoms with Crippen molar-refractivity contribution < 1.29 is 24.2 Å². The van der Waals surface area contributed by atoms with E-state index in [1.807, 2.05) is 42.5 Å². The number of carbonyl (C=O) groups is 2. The van der Waals surface area contributed by atoms with Crippen LogP contribution in [0.1, 0.15) is 39.0 Å². The molecule has 2 aliphatic heterocycles. The van der Waals surface area contributed by atoms with Crippen molar-refractivity contribution in [3.63, 3.8) is 0 Å². The van der Waals surface area contributed by atoms with Crippen molar-refractivity contribution in [2.45, 2.75) is 26.2 Å². The number of carbonyl (C=O) groups excluding carboxylic acids is 2. The zero-order valence-electron chi connectivity index (χ0n) is 15.4. The normalized spacial score (nSPS) is 15.7. The Morgan fingerprint density at radius 3 is 2.71 bits per heavy atom. The van der Waals surface area contributed by atoms with Gasteiger partial charge in [0.05, 0.1) is 12.2 Å². The highest BCUT2D eigenvalue weighted by molar-refractivity contribution is 5.94. The molecule has 1 amide bonds. The van der Waals surface area contributed by atoms with Crippen LogP contribution in [0.5, 0.6) is 0 Å². The first-order valence-electron chi connectivity index (χ1n) is 9.24. The van der Waals surface area contributed by atoms with Gasteiger partial charge in [0.1, 0.15) is 13.2 Å². The summed E-state index contributed by atoms with van der Waals surface area (Å²) in [6.07, 6.45) is 2.29. The number of hydrogen-bond acceptors (Lipinski definition) is 5. The lowest BCUT2D eigenvalue weighted by Gasteiger charge is -2.27. The molecule has 0 bridgehead atoms. The summed E-state index contributed by atoms with van der Waals surface area (Å²) in [7, 11) is 0. The van der Waals surface area contributed by atoms with Crippen LogP contribution < -0.4 is 0 Å². The van der Waals surface area contributed by atoms with Gasteiger partial charge in [-0.1, -0.05) is 36.4 Å². The molecule has 0 radical (unpaired) electrons. The molecule has 0 saturated heterocycles. The van der Waals surface area contributed by atoms with Gasteiger partial charge in [0, 0.05) is 18.7 Å². The quantitative estimate of drug-likeness (QED) is 0.825. The minimum Gasteiger partial charge on any atom is -0.457 e. The largest absolute Gasteiger partial charge is 0.457 e. The number of cyclic esters (lactones) is 1. The molecule has 6 nitrogen and oxygen atoms in total. The van der Waals surface area contributed by atoms with Gasteiger partial charge in [-0.15, -0.1) is 0 Å². The highest BCUT2D eigenvalue weighted by atomic mass is 16.6. The smallest absolute Gasteiger partial charge is 0.410 e. The molecule has 0 saturated carbocycles. The molecule has 6 heteroatoms. The lowest BCUT2D eigenvalue weighted by atomic mass is 9.91. The van der Waals surface area contributed by atoms with E-state index in [9.17, 15) is 14.7 Å². The highest BCUT2D eigenvalue weighted by Crippen LogP contribution is 2.31. The minimum absolute atomic E-state index is 0.157. The van der Waals surface area contributed by atoms with E-state index in [0.717, 1.165) is 22.3 Å². The molecule has 0 unspecified atom stereocenters. The van der Waals surface area contributed by atoms with Crippen LogP contribution in [0.15, 0.2) is 48.5 Å². The van der Waals surface area contributed by atoms with Gasteiger partial charge < -0.3 is 19.5 Å². The molecule has 2 aromatic carbocycles. The molecule has 4 rings (SSSR count). The molecule has 1 N–H and O–H groups in total. The van der Waals surface area contributed by atoms with Crippen LogP contribution >= 0.6 is 0 Å². The van der Waals surface area contributed by atoms with Gasteiger partial charge in [-0.25, -0.2) is 9.59 Å². The van der Waals surface area contributed by atoms with Gasteiger partial charge in [-0.3, -0.25) is 0 Å². The molecule has 2 heterocycles. The molecule has 0 aliphatic carbocycles. The van der Waals surface area contributed by atoms with Crippen LogP contribution in [0.4, 0.5) is 4.79 Å². The first-order valence-corrected chi connectivity index (χ1v) is 9.24. The first-order chi connectivity index (χ1) is 13.7. The first kappa shape index (κ1) is 18.3. The van der Waals surface area contributed by atoms with Crippen molar-refractivity contribution in [2.75, 3.05) is 13.1 Å². The van der Waals surface area contributed by atoms with Crippen LogP contribution in [-0.4, -0.2) is 35.2 Å². The maximum absolute atomic E-state index is 12.3. The molecule has 28 heavy (non-hydrogen) atoms. The lowest BCUT2D eigenvalue weighted by Crippen LogP contribution is -2.35. The number of esters is 1. The van der Waals surface area contributed by atoms with Crippen molar-refractivity contribution >= 4 is 17.6 Å². The minimum atomic E-state index is -0.346. The summed E-state index contributed by atoms with van der Waals surface area (Å²) >= 11 is 0. The van der Waals surface area contributed by atoms with Gasteiger partial charge >= 0.3 is 12.1 Å². The van der Waals surface area contributed by atoms with E-state index in [2.05, 4.69) is 0 Å². The number of ether oxygens (including phenoxy) is 2. The van der Waals surface area contributed by atoms with Crippen LogP contribution in [0, 0.1) is 0 Å². The van der Waals surface area contributed by atoms with E-state index >= 15 is 0 Å². The maximum Gasteiger partial charge on any atom is 0.410 e. The molecule has 144 valence electrons. The molecular weight excluding hydrogens is 358 g/mol. The predicted octanol–water partition coefficient (Wildman–Crippen LogP) is 3.28. The summed E-state index contributed by atoms with van der Waals surface area (Å²) in [5.74, 6) is -0.346. The number of benzene rings is 2. The van der Waals surface area contributed by atoms with E-state index in [1.54, 1.807) is 11.0 Å². The van der Waals surface area contributed by atoms with Gasteiger partial charge in [-0.2, -0.15) is 0 Å². The Balaban J connectivity index is 1.44. The average Bonchev–Trinajstić information content (AvgIpc) is 3.11. The second-order valence-corrected chi connectivity index (χ2v) is 6.87. The van der Waals surface area contributed by atoms with Crippen molar-refractivity contribution in [3.05, 3.63) is 76.4 Å². The predicted molar refractivity (Wildman–Crippen MR) is 102 cm³/mol. The third-order valence-electron chi connectivity index (χ3n) is 5.10. The number of nitrogens with zero attached hydrogens (tertiary/aromatic N) is 1. The Labute approximate surface area is 163 Å². The Morgan fingerprint density at radius 1 is 1.18 bits per heavy atom. The second kappa shape index (κ2) is 7.86. The fourth-order valence-corrected chi connectivity index (χ4v) is 3.54. The summed E-state index contributed by atoms with van der Waals surface area (Å²) in [5.41, 5.74) is 4.98. The van der Waals surface area contributed by atoms with Crippen LogP contribution in [0.2, 0.25) is 0 Å². The third kappa shape index (κ3) is 3.64. The van der Waals surface area contributed by atoms with Crippen molar-refractivity contribution in [3.8, 4) is 0 Å². The van der Waals surface area contributed by atoms with Gasteiger partial charge in [0.25, 0.3) is 0 Å². The number of aliphatic hydroxyl groups excluding tert-OH is 1. The Hall–Kier alpha value is -3.12. The number of amides is 1. The molecule has 0 atom stereocenters. The average molecular weight is 379 g/mol. The molecule has 0 spiro atoms. The second-order valence-electron chi connectivity index (χ2n) is 6.87. The number of fused-ring (bicyclic) bond motifs is 1. The molecule has 0 aromatic heterocycles. The van der Waals surface area contributed by atoms with E-state index in [-0.39, 0.29) is 31.9 Å². The van der Waals surface area contributed by atoms with Crippen LogP contribution in [-0.2, 0) is 29.3 Å².